The van der Waals surface area contributed by atoms with Gasteiger partial charge in [-0.3, -0.25) is 4.79 Å². The van der Waals surface area contributed by atoms with Crippen LogP contribution in [0.25, 0.3) is 0 Å². The van der Waals surface area contributed by atoms with E-state index in [0.29, 0.717) is 29.6 Å². The lowest BCUT2D eigenvalue weighted by Crippen LogP contribution is -2.30. The average Bonchev–Trinajstić information content (AvgIpc) is 2.71. The van der Waals surface area contributed by atoms with Crippen molar-refractivity contribution in [3.63, 3.8) is 0 Å². The number of carbonyl (C=O) groups is 1. The first-order valence-electron chi connectivity index (χ1n) is 9.06. The molecule has 0 aliphatic heterocycles. The van der Waals surface area contributed by atoms with Crippen LogP contribution in [-0.2, 0) is 6.54 Å². The van der Waals surface area contributed by atoms with Crippen LogP contribution in [0.5, 0.6) is 11.5 Å². The smallest absolute Gasteiger partial charge is 0.253 e. The zero-order chi connectivity index (χ0) is 20.5. The Balaban J connectivity index is 2.11. The standard InChI is InChI=1S/C21H28N4O3/c1-6-22-21(24-17-11-12-18(27-4)19(13-17)28-5)23-14-15-7-9-16(10-8-15)20(26)25(2)3/h7-13H,6,14H2,1-5H3,(H2,22,23,24). The quantitative estimate of drug-likeness (QED) is 0.567. The lowest BCUT2D eigenvalue weighted by molar-refractivity contribution is 0.0827. The van der Waals surface area contributed by atoms with Gasteiger partial charge in [-0.15, -0.1) is 0 Å². The summed E-state index contributed by atoms with van der Waals surface area (Å²) >= 11 is 0. The van der Waals surface area contributed by atoms with E-state index in [1.54, 1.807) is 33.2 Å². The average molecular weight is 384 g/mol. The minimum atomic E-state index is -0.0153. The normalized spacial score (nSPS) is 11.0. The van der Waals surface area contributed by atoms with Crippen molar-refractivity contribution < 1.29 is 14.3 Å². The molecule has 0 bridgehead atoms. The van der Waals surface area contributed by atoms with Crippen molar-refractivity contribution in [2.24, 2.45) is 4.99 Å². The molecule has 0 heterocycles. The molecular formula is C21H28N4O3. The van der Waals surface area contributed by atoms with Crippen molar-refractivity contribution in [3.8, 4) is 11.5 Å². The molecule has 0 saturated carbocycles. The van der Waals surface area contributed by atoms with Crippen LogP contribution in [-0.4, -0.2) is 51.6 Å². The molecule has 150 valence electrons. The largest absolute Gasteiger partial charge is 0.493 e. The van der Waals surface area contributed by atoms with Crippen molar-refractivity contribution in [1.29, 1.82) is 0 Å². The fourth-order valence-electron chi connectivity index (χ4n) is 2.54. The number of ether oxygens (including phenoxy) is 2. The van der Waals surface area contributed by atoms with Crippen molar-refractivity contribution in [3.05, 3.63) is 53.6 Å². The number of hydrogen-bond acceptors (Lipinski definition) is 4. The lowest BCUT2D eigenvalue weighted by atomic mass is 10.1. The first-order chi connectivity index (χ1) is 13.5. The number of nitrogens with one attached hydrogen (secondary N) is 2. The number of carbonyl (C=O) groups excluding carboxylic acids is 1. The monoisotopic (exact) mass is 384 g/mol. The molecule has 0 radical (unpaired) electrons. The Morgan fingerprint density at radius 2 is 1.71 bits per heavy atom. The lowest BCUT2D eigenvalue weighted by Gasteiger charge is -2.14. The SMILES string of the molecule is CCNC(=NCc1ccc(C(=O)N(C)C)cc1)Nc1ccc(OC)c(OC)c1. The van der Waals surface area contributed by atoms with Crippen molar-refractivity contribution in [2.45, 2.75) is 13.5 Å². The molecule has 2 aromatic carbocycles. The van der Waals surface area contributed by atoms with E-state index in [2.05, 4.69) is 15.6 Å². The summed E-state index contributed by atoms with van der Waals surface area (Å²) in [6.45, 7) is 3.22. The fraction of sp³-hybridized carbons (Fsp3) is 0.333. The second kappa shape index (κ2) is 10.2. The molecule has 0 unspecified atom stereocenters. The summed E-state index contributed by atoms with van der Waals surface area (Å²) in [4.78, 5) is 18.1. The van der Waals surface area contributed by atoms with Gasteiger partial charge in [-0.25, -0.2) is 4.99 Å². The number of hydrogen-bond donors (Lipinski definition) is 2. The highest BCUT2D eigenvalue weighted by atomic mass is 16.5. The first-order valence-corrected chi connectivity index (χ1v) is 9.06. The Morgan fingerprint density at radius 1 is 1.04 bits per heavy atom. The van der Waals surface area contributed by atoms with Gasteiger partial charge in [-0.1, -0.05) is 12.1 Å². The van der Waals surface area contributed by atoms with Gasteiger partial charge in [-0.2, -0.15) is 0 Å². The third kappa shape index (κ3) is 5.64. The summed E-state index contributed by atoms with van der Waals surface area (Å²) in [5.41, 5.74) is 2.51. The molecule has 28 heavy (non-hydrogen) atoms. The van der Waals surface area contributed by atoms with Gasteiger partial charge in [0.05, 0.1) is 20.8 Å². The van der Waals surface area contributed by atoms with E-state index in [1.165, 1.54) is 0 Å². The van der Waals surface area contributed by atoms with Crippen molar-refractivity contribution >= 4 is 17.6 Å². The number of guanidine groups is 1. The third-order valence-corrected chi connectivity index (χ3v) is 4.02. The topological polar surface area (TPSA) is 75.2 Å². The molecule has 1 amide bonds. The van der Waals surface area contributed by atoms with E-state index in [1.807, 2.05) is 49.4 Å². The second-order valence-corrected chi connectivity index (χ2v) is 6.29. The van der Waals surface area contributed by atoms with Gasteiger partial charge in [0.25, 0.3) is 5.91 Å². The van der Waals surface area contributed by atoms with Crippen LogP contribution in [0.15, 0.2) is 47.5 Å². The third-order valence-electron chi connectivity index (χ3n) is 4.02. The Labute approximate surface area is 166 Å². The van der Waals surface area contributed by atoms with Crippen LogP contribution in [0, 0.1) is 0 Å². The first kappa shape index (κ1) is 21.1. The maximum atomic E-state index is 12.0. The van der Waals surface area contributed by atoms with Gasteiger partial charge in [0, 0.05) is 38.0 Å². The summed E-state index contributed by atoms with van der Waals surface area (Å²) in [7, 11) is 6.69. The van der Waals surface area contributed by atoms with Crippen LogP contribution in [0.4, 0.5) is 5.69 Å². The highest BCUT2D eigenvalue weighted by Gasteiger charge is 2.08. The van der Waals surface area contributed by atoms with E-state index in [9.17, 15) is 4.79 Å². The van der Waals surface area contributed by atoms with Gasteiger partial charge in [-0.05, 0) is 36.8 Å². The second-order valence-electron chi connectivity index (χ2n) is 6.29. The summed E-state index contributed by atoms with van der Waals surface area (Å²) in [5, 5.41) is 6.48. The Kier molecular flexibility index (Phi) is 7.68. The van der Waals surface area contributed by atoms with Crippen LogP contribution in [0.1, 0.15) is 22.8 Å². The van der Waals surface area contributed by atoms with Gasteiger partial charge >= 0.3 is 0 Å². The fourth-order valence-corrected chi connectivity index (χ4v) is 2.54. The molecule has 2 rings (SSSR count). The van der Waals surface area contributed by atoms with E-state index in [4.69, 9.17) is 9.47 Å². The van der Waals surface area contributed by atoms with E-state index in [-0.39, 0.29) is 5.91 Å². The van der Waals surface area contributed by atoms with Crippen LogP contribution in [0.3, 0.4) is 0 Å². The predicted molar refractivity (Wildman–Crippen MR) is 112 cm³/mol. The summed E-state index contributed by atoms with van der Waals surface area (Å²) < 4.78 is 10.6. The number of nitrogens with zero attached hydrogens (tertiary/aromatic N) is 2. The highest BCUT2D eigenvalue weighted by molar-refractivity contribution is 5.94. The number of benzene rings is 2. The van der Waals surface area contributed by atoms with Crippen LogP contribution in [0.2, 0.25) is 0 Å². The molecule has 2 aromatic rings. The number of methoxy groups -OCH3 is 2. The molecule has 0 aliphatic carbocycles. The maximum Gasteiger partial charge on any atom is 0.253 e. The number of rotatable bonds is 7. The van der Waals surface area contributed by atoms with Crippen molar-refractivity contribution in [1.82, 2.24) is 10.2 Å². The predicted octanol–water partition coefficient (Wildman–Crippen LogP) is 2.98. The molecule has 0 aliphatic rings. The van der Waals surface area contributed by atoms with Crippen LogP contribution < -0.4 is 20.1 Å². The minimum absolute atomic E-state index is 0.0153. The summed E-state index contributed by atoms with van der Waals surface area (Å²) in [6, 6.07) is 13.1. The van der Waals surface area contributed by atoms with E-state index in [0.717, 1.165) is 17.8 Å². The molecule has 0 saturated heterocycles. The number of aliphatic imine (C=N–C) groups is 1. The van der Waals surface area contributed by atoms with Gasteiger partial charge in [0.2, 0.25) is 0 Å². The molecule has 0 fully saturated rings. The molecular weight excluding hydrogens is 356 g/mol. The van der Waals surface area contributed by atoms with Gasteiger partial charge < -0.3 is 25.0 Å². The Hall–Kier alpha value is -3.22. The maximum absolute atomic E-state index is 12.0. The molecule has 7 nitrogen and oxygen atoms in total. The molecule has 0 spiro atoms. The molecule has 0 atom stereocenters. The number of amides is 1. The van der Waals surface area contributed by atoms with Gasteiger partial charge in [0.15, 0.2) is 17.5 Å². The number of anilines is 1. The zero-order valence-corrected chi connectivity index (χ0v) is 17.1. The molecule has 7 heteroatoms. The molecule has 2 N–H and O–H groups in total. The van der Waals surface area contributed by atoms with Crippen molar-refractivity contribution in [2.75, 3.05) is 40.2 Å². The Bertz CT molecular complexity index is 817. The minimum Gasteiger partial charge on any atom is -0.493 e. The summed E-state index contributed by atoms with van der Waals surface area (Å²) in [5.74, 6) is 1.95. The van der Waals surface area contributed by atoms with E-state index < -0.39 is 0 Å². The van der Waals surface area contributed by atoms with E-state index >= 15 is 0 Å². The Morgan fingerprint density at radius 3 is 2.29 bits per heavy atom. The van der Waals surface area contributed by atoms with Gasteiger partial charge in [0.1, 0.15) is 0 Å². The summed E-state index contributed by atoms with van der Waals surface area (Å²) in [6.07, 6.45) is 0. The van der Waals surface area contributed by atoms with Crippen LogP contribution >= 0.6 is 0 Å². The highest BCUT2D eigenvalue weighted by Crippen LogP contribution is 2.29. The zero-order valence-electron chi connectivity index (χ0n) is 17.1. The molecule has 0 aromatic heterocycles.